The highest BCUT2D eigenvalue weighted by Gasteiger charge is 2.21. The Morgan fingerprint density at radius 1 is 1.35 bits per heavy atom. The second kappa shape index (κ2) is 5.70. The van der Waals surface area contributed by atoms with E-state index in [0.29, 0.717) is 5.03 Å². The molecule has 2 aromatic rings. The number of nitro groups is 1. The number of aromatic carboxylic acids is 1. The van der Waals surface area contributed by atoms with Crippen LogP contribution in [0, 0.1) is 17.0 Å². The van der Waals surface area contributed by atoms with Crippen molar-refractivity contribution in [3.05, 3.63) is 57.8 Å². The fourth-order valence-corrected chi connectivity index (χ4v) is 2.32. The molecule has 6 nitrogen and oxygen atoms in total. The third-order valence-corrected chi connectivity index (χ3v) is 3.47. The molecule has 1 heterocycles. The lowest BCUT2D eigenvalue weighted by atomic mass is 10.2. The van der Waals surface area contributed by atoms with Crippen LogP contribution in [-0.2, 0) is 0 Å². The van der Waals surface area contributed by atoms with Crippen LogP contribution in [0.5, 0.6) is 0 Å². The second-order valence-corrected chi connectivity index (χ2v) is 5.11. The first-order valence-corrected chi connectivity index (χ1v) is 6.41. The number of nitrogens with zero attached hydrogens (tertiary/aromatic N) is 2. The first-order valence-electron chi connectivity index (χ1n) is 5.59. The van der Waals surface area contributed by atoms with E-state index in [1.54, 1.807) is 0 Å². The molecular weight excluding hydrogens is 280 g/mol. The summed E-state index contributed by atoms with van der Waals surface area (Å²) in [6, 6.07) is 8.82. The molecule has 1 aromatic heterocycles. The predicted octanol–water partition coefficient (Wildman–Crippen LogP) is 3.15. The van der Waals surface area contributed by atoms with Gasteiger partial charge in [0, 0.05) is 4.90 Å². The van der Waals surface area contributed by atoms with E-state index in [1.807, 2.05) is 31.2 Å². The Hall–Kier alpha value is -2.41. The Morgan fingerprint density at radius 2 is 2.00 bits per heavy atom. The normalized spacial score (nSPS) is 10.2. The molecule has 0 saturated carbocycles. The summed E-state index contributed by atoms with van der Waals surface area (Å²) < 4.78 is 0. The van der Waals surface area contributed by atoms with Gasteiger partial charge in [0.2, 0.25) is 0 Å². The number of benzene rings is 1. The lowest BCUT2D eigenvalue weighted by Gasteiger charge is -2.03. The third kappa shape index (κ3) is 3.12. The number of carbonyl (C=O) groups is 1. The van der Waals surface area contributed by atoms with Crippen molar-refractivity contribution < 1.29 is 14.8 Å². The summed E-state index contributed by atoms with van der Waals surface area (Å²) in [4.78, 5) is 25.8. The fraction of sp³-hybridized carbons (Fsp3) is 0.0769. The van der Waals surface area contributed by atoms with Crippen molar-refractivity contribution in [1.29, 1.82) is 0 Å². The SMILES string of the molecule is Cc1ccc(Sc2cc(C(=O)O)c([N+](=O)[O-])cn2)cc1. The minimum Gasteiger partial charge on any atom is -0.477 e. The lowest BCUT2D eigenvalue weighted by Crippen LogP contribution is -2.03. The zero-order valence-corrected chi connectivity index (χ0v) is 11.3. The Balaban J connectivity index is 2.34. The van der Waals surface area contributed by atoms with Gasteiger partial charge in [-0.15, -0.1) is 0 Å². The molecule has 0 aliphatic carbocycles. The molecule has 0 aliphatic rings. The van der Waals surface area contributed by atoms with Gasteiger partial charge in [-0.25, -0.2) is 9.78 Å². The Kier molecular flexibility index (Phi) is 3.99. The average molecular weight is 290 g/mol. The van der Waals surface area contributed by atoms with Gasteiger partial charge in [0.25, 0.3) is 0 Å². The van der Waals surface area contributed by atoms with Crippen LogP contribution in [0.4, 0.5) is 5.69 Å². The van der Waals surface area contributed by atoms with Crippen LogP contribution >= 0.6 is 11.8 Å². The molecule has 0 fully saturated rings. The predicted molar refractivity (Wildman–Crippen MR) is 73.2 cm³/mol. The van der Waals surface area contributed by atoms with E-state index >= 15 is 0 Å². The summed E-state index contributed by atoms with van der Waals surface area (Å²) in [6.45, 7) is 1.96. The van der Waals surface area contributed by atoms with E-state index in [9.17, 15) is 14.9 Å². The molecule has 0 atom stereocenters. The zero-order chi connectivity index (χ0) is 14.7. The molecule has 0 radical (unpaired) electrons. The van der Waals surface area contributed by atoms with Crippen molar-refractivity contribution in [2.75, 3.05) is 0 Å². The molecule has 0 spiro atoms. The summed E-state index contributed by atoms with van der Waals surface area (Å²) in [5.74, 6) is -1.34. The van der Waals surface area contributed by atoms with Crippen molar-refractivity contribution in [3.63, 3.8) is 0 Å². The summed E-state index contributed by atoms with van der Waals surface area (Å²) in [7, 11) is 0. The van der Waals surface area contributed by atoms with E-state index in [0.717, 1.165) is 16.7 Å². The van der Waals surface area contributed by atoms with Crippen LogP contribution in [0.2, 0.25) is 0 Å². The van der Waals surface area contributed by atoms with Gasteiger partial charge < -0.3 is 5.11 Å². The van der Waals surface area contributed by atoms with E-state index in [1.165, 1.54) is 17.8 Å². The molecule has 0 unspecified atom stereocenters. The highest BCUT2D eigenvalue weighted by molar-refractivity contribution is 7.99. The quantitative estimate of drug-likeness (QED) is 0.686. The average Bonchev–Trinajstić information content (AvgIpc) is 2.41. The van der Waals surface area contributed by atoms with Gasteiger partial charge in [-0.1, -0.05) is 29.5 Å². The topological polar surface area (TPSA) is 93.3 Å². The maximum atomic E-state index is 11.0. The number of hydrogen-bond donors (Lipinski definition) is 1. The second-order valence-electron chi connectivity index (χ2n) is 4.02. The molecule has 0 saturated heterocycles. The number of carboxylic acids is 1. The molecule has 0 amide bonds. The van der Waals surface area contributed by atoms with Gasteiger partial charge in [-0.2, -0.15) is 0 Å². The summed E-state index contributed by atoms with van der Waals surface area (Å²) in [6.07, 6.45) is 0.972. The van der Waals surface area contributed by atoms with Crippen LogP contribution < -0.4 is 0 Å². The largest absolute Gasteiger partial charge is 0.477 e. The van der Waals surface area contributed by atoms with E-state index in [-0.39, 0.29) is 5.56 Å². The number of aryl methyl sites for hydroxylation is 1. The fourth-order valence-electron chi connectivity index (χ4n) is 1.53. The van der Waals surface area contributed by atoms with Crippen LogP contribution in [0.3, 0.4) is 0 Å². The van der Waals surface area contributed by atoms with Crippen molar-refractivity contribution in [2.45, 2.75) is 16.8 Å². The highest BCUT2D eigenvalue weighted by Crippen LogP contribution is 2.29. The molecule has 1 aromatic carbocycles. The Bertz CT molecular complexity index is 671. The zero-order valence-electron chi connectivity index (χ0n) is 10.4. The molecule has 0 bridgehead atoms. The Morgan fingerprint density at radius 3 is 2.55 bits per heavy atom. The molecule has 2 rings (SSSR count). The number of rotatable bonds is 4. The maximum absolute atomic E-state index is 11.0. The molecular formula is C13H10N2O4S. The van der Waals surface area contributed by atoms with Gasteiger partial charge >= 0.3 is 11.7 Å². The summed E-state index contributed by atoms with van der Waals surface area (Å²) >= 11 is 1.25. The van der Waals surface area contributed by atoms with Gasteiger partial charge in [-0.3, -0.25) is 10.1 Å². The third-order valence-electron chi connectivity index (χ3n) is 2.53. The standard InChI is InChI=1S/C13H10N2O4S/c1-8-2-4-9(5-3-8)20-12-6-10(13(16)17)11(7-14-12)15(18)19/h2-7H,1H3,(H,16,17). The first-order chi connectivity index (χ1) is 9.47. The van der Waals surface area contributed by atoms with Crippen LogP contribution in [0.25, 0.3) is 0 Å². The summed E-state index contributed by atoms with van der Waals surface area (Å²) in [5, 5.41) is 20.1. The number of aromatic nitrogens is 1. The molecule has 7 heteroatoms. The minimum absolute atomic E-state index is 0.361. The van der Waals surface area contributed by atoms with E-state index in [2.05, 4.69) is 4.98 Å². The van der Waals surface area contributed by atoms with E-state index in [4.69, 9.17) is 5.11 Å². The van der Waals surface area contributed by atoms with Gasteiger partial charge in [0.15, 0.2) is 0 Å². The first kappa shape index (κ1) is 14.0. The van der Waals surface area contributed by atoms with Crippen molar-refractivity contribution >= 4 is 23.4 Å². The molecule has 0 aliphatic heterocycles. The van der Waals surface area contributed by atoms with Gasteiger partial charge in [0.05, 0.1) is 4.92 Å². The van der Waals surface area contributed by atoms with Crippen molar-refractivity contribution in [3.8, 4) is 0 Å². The maximum Gasteiger partial charge on any atom is 0.342 e. The van der Waals surface area contributed by atoms with Gasteiger partial charge in [0.1, 0.15) is 16.8 Å². The van der Waals surface area contributed by atoms with Crippen molar-refractivity contribution in [2.24, 2.45) is 0 Å². The minimum atomic E-state index is -1.34. The summed E-state index contributed by atoms with van der Waals surface area (Å²) in [5.41, 5.74) is 0.239. The van der Waals surface area contributed by atoms with Crippen LogP contribution in [-0.4, -0.2) is 21.0 Å². The monoisotopic (exact) mass is 290 g/mol. The number of pyridine rings is 1. The molecule has 1 N–H and O–H groups in total. The van der Waals surface area contributed by atoms with Crippen molar-refractivity contribution in [1.82, 2.24) is 4.98 Å². The van der Waals surface area contributed by atoms with Gasteiger partial charge in [-0.05, 0) is 25.1 Å². The number of carboxylic acid groups (broad SMARTS) is 1. The Labute approximate surface area is 118 Å². The smallest absolute Gasteiger partial charge is 0.342 e. The van der Waals surface area contributed by atoms with E-state index < -0.39 is 16.6 Å². The number of hydrogen-bond acceptors (Lipinski definition) is 5. The lowest BCUT2D eigenvalue weighted by molar-refractivity contribution is -0.385. The highest BCUT2D eigenvalue weighted by atomic mass is 32.2. The molecule has 102 valence electrons. The van der Waals surface area contributed by atoms with Crippen LogP contribution in [0.15, 0.2) is 46.5 Å². The molecule has 20 heavy (non-hydrogen) atoms. The van der Waals surface area contributed by atoms with Crippen LogP contribution in [0.1, 0.15) is 15.9 Å².